The normalized spacial score (nSPS) is 13.0. The number of amides is 1. The molecule has 130 valence electrons. The molecule has 3 aromatic rings. The van der Waals surface area contributed by atoms with Gasteiger partial charge in [-0.15, -0.1) is 0 Å². The minimum Gasteiger partial charge on any atom is -0.380 e. The fourth-order valence-corrected chi connectivity index (χ4v) is 2.85. The highest BCUT2D eigenvalue weighted by Crippen LogP contribution is 2.25. The van der Waals surface area contributed by atoms with Crippen LogP contribution in [0.3, 0.4) is 0 Å². The first-order valence-corrected chi connectivity index (χ1v) is 8.34. The second-order valence-corrected chi connectivity index (χ2v) is 7.16. The summed E-state index contributed by atoms with van der Waals surface area (Å²) in [6, 6.07) is 16.9. The number of aliphatic hydroxyl groups excluding tert-OH is 1. The third-order valence-electron chi connectivity index (χ3n) is 3.86. The lowest BCUT2D eigenvalue weighted by Gasteiger charge is -2.21. The first kappa shape index (κ1) is 17.2. The molecule has 1 amide bonds. The summed E-state index contributed by atoms with van der Waals surface area (Å²) in [5, 5.41) is 13.8. The Hall–Kier alpha value is -2.66. The van der Waals surface area contributed by atoms with E-state index in [1.54, 1.807) is 4.57 Å². The van der Waals surface area contributed by atoms with Crippen molar-refractivity contribution in [3.8, 4) is 0 Å². The summed E-state index contributed by atoms with van der Waals surface area (Å²) >= 11 is 0. The van der Waals surface area contributed by atoms with E-state index in [4.69, 9.17) is 0 Å². The van der Waals surface area contributed by atoms with Gasteiger partial charge in [0.05, 0.1) is 11.0 Å². The van der Waals surface area contributed by atoms with Gasteiger partial charge in [-0.05, 0) is 38.5 Å². The van der Waals surface area contributed by atoms with Crippen LogP contribution in [0.15, 0.2) is 54.6 Å². The van der Waals surface area contributed by atoms with Crippen LogP contribution in [0.2, 0.25) is 0 Å². The van der Waals surface area contributed by atoms with Crippen molar-refractivity contribution in [2.75, 3.05) is 0 Å². The SMILES string of the molecule is CC(C)(C)NC(=O)Cn1c(C(O)c2ccccc2)nc2ccccc21. The van der Waals surface area contributed by atoms with E-state index in [9.17, 15) is 9.90 Å². The van der Waals surface area contributed by atoms with Gasteiger partial charge >= 0.3 is 0 Å². The predicted octanol–water partition coefficient (Wildman–Crippen LogP) is 3.03. The molecule has 2 N–H and O–H groups in total. The third kappa shape index (κ3) is 3.88. The fourth-order valence-electron chi connectivity index (χ4n) is 2.85. The zero-order valence-electron chi connectivity index (χ0n) is 14.7. The number of aromatic nitrogens is 2. The number of carbonyl (C=O) groups is 1. The minimum absolute atomic E-state index is 0.108. The predicted molar refractivity (Wildman–Crippen MR) is 98.1 cm³/mol. The van der Waals surface area contributed by atoms with Crippen LogP contribution in [-0.2, 0) is 11.3 Å². The summed E-state index contributed by atoms with van der Waals surface area (Å²) in [4.78, 5) is 17.0. The van der Waals surface area contributed by atoms with Gasteiger partial charge in [0, 0.05) is 5.54 Å². The van der Waals surface area contributed by atoms with E-state index >= 15 is 0 Å². The van der Waals surface area contributed by atoms with Crippen LogP contribution < -0.4 is 5.32 Å². The van der Waals surface area contributed by atoms with Crippen LogP contribution in [0.25, 0.3) is 11.0 Å². The summed E-state index contributed by atoms with van der Waals surface area (Å²) in [5.41, 5.74) is 2.02. The van der Waals surface area contributed by atoms with Crippen LogP contribution in [-0.4, -0.2) is 26.1 Å². The van der Waals surface area contributed by atoms with Crippen molar-refractivity contribution in [3.63, 3.8) is 0 Å². The zero-order valence-corrected chi connectivity index (χ0v) is 14.7. The van der Waals surface area contributed by atoms with E-state index in [0.717, 1.165) is 16.6 Å². The number of aliphatic hydroxyl groups is 1. The third-order valence-corrected chi connectivity index (χ3v) is 3.86. The van der Waals surface area contributed by atoms with Gasteiger partial charge in [-0.25, -0.2) is 4.98 Å². The molecule has 1 unspecified atom stereocenters. The molecule has 0 saturated carbocycles. The molecule has 1 atom stereocenters. The molecular formula is C20H23N3O2. The van der Waals surface area contributed by atoms with E-state index in [-0.39, 0.29) is 18.0 Å². The maximum Gasteiger partial charge on any atom is 0.240 e. The van der Waals surface area contributed by atoms with Crippen molar-refractivity contribution >= 4 is 16.9 Å². The molecule has 1 heterocycles. The molecule has 0 bridgehead atoms. The van der Waals surface area contributed by atoms with Crippen LogP contribution in [0, 0.1) is 0 Å². The second kappa shape index (κ2) is 6.69. The Morgan fingerprint density at radius 1 is 1.12 bits per heavy atom. The van der Waals surface area contributed by atoms with E-state index in [0.29, 0.717) is 5.82 Å². The molecule has 25 heavy (non-hydrogen) atoms. The summed E-state index contributed by atoms with van der Waals surface area (Å²) in [7, 11) is 0. The van der Waals surface area contributed by atoms with Gasteiger partial charge in [0.15, 0.2) is 0 Å². The minimum atomic E-state index is -0.893. The molecule has 0 radical (unpaired) electrons. The van der Waals surface area contributed by atoms with Crippen molar-refractivity contribution < 1.29 is 9.90 Å². The van der Waals surface area contributed by atoms with Crippen molar-refractivity contribution in [1.29, 1.82) is 0 Å². The van der Waals surface area contributed by atoms with Crippen LogP contribution in [0.5, 0.6) is 0 Å². The Morgan fingerprint density at radius 3 is 2.44 bits per heavy atom. The Morgan fingerprint density at radius 2 is 1.76 bits per heavy atom. The number of hydrogen-bond acceptors (Lipinski definition) is 3. The van der Waals surface area contributed by atoms with E-state index in [2.05, 4.69) is 10.3 Å². The highest BCUT2D eigenvalue weighted by molar-refractivity contribution is 5.81. The molecule has 0 spiro atoms. The van der Waals surface area contributed by atoms with E-state index in [1.165, 1.54) is 0 Å². The van der Waals surface area contributed by atoms with E-state index in [1.807, 2.05) is 75.4 Å². The van der Waals surface area contributed by atoms with Gasteiger partial charge in [0.2, 0.25) is 5.91 Å². The van der Waals surface area contributed by atoms with Gasteiger partial charge in [-0.3, -0.25) is 4.79 Å². The number of nitrogens with one attached hydrogen (secondary N) is 1. The highest BCUT2D eigenvalue weighted by Gasteiger charge is 2.22. The average molecular weight is 337 g/mol. The second-order valence-electron chi connectivity index (χ2n) is 7.16. The average Bonchev–Trinajstić information content (AvgIpc) is 2.92. The van der Waals surface area contributed by atoms with Crippen LogP contribution in [0.4, 0.5) is 0 Å². The number of rotatable bonds is 4. The van der Waals surface area contributed by atoms with Crippen molar-refractivity contribution in [2.24, 2.45) is 0 Å². The molecule has 0 aliphatic carbocycles. The maximum absolute atomic E-state index is 12.4. The summed E-state index contributed by atoms with van der Waals surface area (Å²) < 4.78 is 1.79. The number of benzene rings is 2. The van der Waals surface area contributed by atoms with Gasteiger partial charge in [0.1, 0.15) is 18.5 Å². The topological polar surface area (TPSA) is 67.2 Å². The van der Waals surface area contributed by atoms with E-state index < -0.39 is 6.10 Å². The zero-order chi connectivity index (χ0) is 18.0. The lowest BCUT2D eigenvalue weighted by atomic mass is 10.1. The molecular weight excluding hydrogens is 314 g/mol. The number of imidazole rings is 1. The van der Waals surface area contributed by atoms with Crippen molar-refractivity contribution in [3.05, 3.63) is 66.0 Å². The van der Waals surface area contributed by atoms with Crippen molar-refractivity contribution in [2.45, 2.75) is 39.0 Å². The van der Waals surface area contributed by atoms with Crippen molar-refractivity contribution in [1.82, 2.24) is 14.9 Å². The lowest BCUT2D eigenvalue weighted by Crippen LogP contribution is -2.42. The summed E-state index contributed by atoms with van der Waals surface area (Å²) in [6.07, 6.45) is -0.893. The molecule has 5 nitrogen and oxygen atoms in total. The number of nitrogens with zero attached hydrogens (tertiary/aromatic N) is 2. The summed E-state index contributed by atoms with van der Waals surface area (Å²) in [6.45, 7) is 5.93. The van der Waals surface area contributed by atoms with Gasteiger partial charge in [-0.1, -0.05) is 42.5 Å². The first-order chi connectivity index (χ1) is 11.8. The molecule has 0 saturated heterocycles. The number of hydrogen-bond donors (Lipinski definition) is 2. The number of para-hydroxylation sites is 2. The van der Waals surface area contributed by atoms with Crippen LogP contribution >= 0.6 is 0 Å². The Kier molecular flexibility index (Phi) is 4.59. The Balaban J connectivity index is 2.02. The summed E-state index contributed by atoms with van der Waals surface area (Å²) in [5.74, 6) is 0.355. The molecule has 0 aliphatic heterocycles. The molecule has 0 aliphatic rings. The lowest BCUT2D eigenvalue weighted by molar-refractivity contribution is -0.123. The largest absolute Gasteiger partial charge is 0.380 e. The smallest absolute Gasteiger partial charge is 0.240 e. The Bertz CT molecular complexity index is 879. The number of carbonyl (C=O) groups excluding carboxylic acids is 1. The monoisotopic (exact) mass is 337 g/mol. The molecule has 2 aromatic carbocycles. The molecule has 1 aromatic heterocycles. The first-order valence-electron chi connectivity index (χ1n) is 8.34. The van der Waals surface area contributed by atoms with Gasteiger partial charge in [-0.2, -0.15) is 0 Å². The molecule has 3 rings (SSSR count). The highest BCUT2D eigenvalue weighted by atomic mass is 16.3. The molecule has 0 fully saturated rings. The molecule has 5 heteroatoms. The standard InChI is InChI=1S/C20H23N3O2/c1-20(2,3)22-17(24)13-23-16-12-8-7-11-15(16)21-19(23)18(25)14-9-5-4-6-10-14/h4-12,18,25H,13H2,1-3H3,(H,22,24). The maximum atomic E-state index is 12.4. The quantitative estimate of drug-likeness (QED) is 0.769. The van der Waals surface area contributed by atoms with Gasteiger partial charge < -0.3 is 15.0 Å². The Labute approximate surface area is 147 Å². The van der Waals surface area contributed by atoms with Crippen LogP contribution in [0.1, 0.15) is 38.3 Å². The number of fused-ring (bicyclic) bond motifs is 1. The fraction of sp³-hybridized carbons (Fsp3) is 0.300. The van der Waals surface area contributed by atoms with Gasteiger partial charge in [0.25, 0.3) is 0 Å².